The largest absolute Gasteiger partial charge is 0.286 e. The lowest BCUT2D eigenvalue weighted by Gasteiger charge is -2.11. The van der Waals surface area contributed by atoms with Gasteiger partial charge in [0.15, 0.2) is 0 Å². The van der Waals surface area contributed by atoms with Crippen LogP contribution in [-0.4, -0.2) is 20.1 Å². The van der Waals surface area contributed by atoms with Crippen molar-refractivity contribution in [1.82, 2.24) is 0 Å². The average Bonchev–Trinajstić information content (AvgIpc) is 2.72. The second kappa shape index (κ2) is 11.4. The topological polar surface area (TPSA) is 120 Å². The zero-order chi connectivity index (χ0) is 22.3. The van der Waals surface area contributed by atoms with Gasteiger partial charge in [-0.15, -0.1) is 0 Å². The Kier molecular flexibility index (Phi) is 9.21. The molecule has 8 nitrogen and oxygen atoms in total. The van der Waals surface area contributed by atoms with Gasteiger partial charge in [-0.25, -0.2) is 0 Å². The highest BCUT2D eigenvalue weighted by molar-refractivity contribution is 8.87. The molecule has 158 valence electrons. The fourth-order valence-electron chi connectivity index (χ4n) is 2.35. The molecule has 2 aromatic rings. The monoisotopic (exact) mass is 484 g/mol. The van der Waals surface area contributed by atoms with Crippen LogP contribution in [-0.2, 0) is 9.59 Å². The molecule has 0 bridgehead atoms. The summed E-state index contributed by atoms with van der Waals surface area (Å²) >= 11 is 8.71. The number of nitro benzene ring substituents is 2. The maximum Gasteiger partial charge on any atom is 0.269 e. The Hall–Kier alpha value is -2.02. The molecule has 0 aliphatic heterocycles. The predicted octanol–water partition coefficient (Wildman–Crippen LogP) is 5.36. The number of rotatable bonds is 8. The molecule has 0 N–H and O–H groups in total. The molecule has 2 atom stereocenters. The van der Waals surface area contributed by atoms with Gasteiger partial charge in [0.05, 0.1) is 9.85 Å². The first-order valence-electron chi connectivity index (χ1n) is 8.42. The molecule has 0 aliphatic rings. The fourth-order valence-corrected chi connectivity index (χ4v) is 4.89. The molecule has 0 heterocycles. The van der Waals surface area contributed by atoms with E-state index in [1.165, 1.54) is 24.3 Å². The minimum atomic E-state index is -0.508. The number of carbonyl (C=O) groups excluding carboxylic acids is 2. The van der Waals surface area contributed by atoms with Gasteiger partial charge in [-0.2, -0.15) is 25.3 Å². The Morgan fingerprint density at radius 2 is 1.03 bits per heavy atom. The first-order chi connectivity index (χ1) is 14.2. The van der Waals surface area contributed by atoms with E-state index >= 15 is 0 Å². The van der Waals surface area contributed by atoms with Gasteiger partial charge in [-0.1, -0.05) is 24.3 Å². The normalized spacial score (nSPS) is 12.7. The third-order valence-electron chi connectivity index (χ3n) is 3.92. The zero-order valence-corrected chi connectivity index (χ0v) is 18.7. The van der Waals surface area contributed by atoms with Crippen LogP contribution in [0.3, 0.4) is 0 Å². The third kappa shape index (κ3) is 7.35. The summed E-state index contributed by atoms with van der Waals surface area (Å²) < 4.78 is 0. The van der Waals surface area contributed by atoms with Crippen molar-refractivity contribution in [1.29, 1.82) is 0 Å². The number of nitrogens with zero attached hydrogens (tertiary/aromatic N) is 2. The van der Waals surface area contributed by atoms with Gasteiger partial charge < -0.3 is 0 Å². The quantitative estimate of drug-likeness (QED) is 0.222. The van der Waals surface area contributed by atoms with Crippen molar-refractivity contribution in [2.45, 2.75) is 23.3 Å². The number of non-ortho nitro benzene ring substituents is 2. The lowest BCUT2D eigenvalue weighted by atomic mass is 10.1. The number of nitro groups is 2. The summed E-state index contributed by atoms with van der Waals surface area (Å²) in [6, 6.07) is 11.6. The smallest absolute Gasteiger partial charge is 0.269 e. The lowest BCUT2D eigenvalue weighted by molar-refractivity contribution is -0.385. The minimum Gasteiger partial charge on any atom is -0.286 e. The van der Waals surface area contributed by atoms with E-state index in [9.17, 15) is 29.8 Å². The van der Waals surface area contributed by atoms with E-state index in [1.54, 1.807) is 24.3 Å². The molecule has 0 aliphatic carbocycles. The number of carbonyl (C=O) groups is 2. The van der Waals surface area contributed by atoms with E-state index in [0.717, 1.165) is 21.6 Å². The Morgan fingerprint density at radius 1 is 0.733 bits per heavy atom. The first-order valence-corrected chi connectivity index (χ1v) is 11.6. The van der Waals surface area contributed by atoms with Crippen molar-refractivity contribution >= 4 is 68.5 Å². The predicted molar refractivity (Wildman–Crippen MR) is 124 cm³/mol. The van der Waals surface area contributed by atoms with Gasteiger partial charge in [0, 0.05) is 47.6 Å². The number of benzene rings is 2. The van der Waals surface area contributed by atoms with Gasteiger partial charge >= 0.3 is 0 Å². The molecule has 12 heteroatoms. The van der Waals surface area contributed by atoms with Gasteiger partial charge in [0.2, 0.25) is 10.2 Å². The van der Waals surface area contributed by atoms with Crippen molar-refractivity contribution in [3.63, 3.8) is 0 Å². The molecule has 0 saturated heterocycles. The summed E-state index contributed by atoms with van der Waals surface area (Å²) in [5.41, 5.74) is 1.25. The van der Waals surface area contributed by atoms with Crippen LogP contribution in [0.4, 0.5) is 11.4 Å². The SMILES string of the molecule is O=C(CC(S)c1ccc([N+](=O)[O-])cc1)SSC(=O)CC(S)c1ccc([N+](=O)[O-])cc1. The van der Waals surface area contributed by atoms with E-state index < -0.39 is 20.3 Å². The molecule has 0 radical (unpaired) electrons. The molecule has 0 fully saturated rings. The van der Waals surface area contributed by atoms with E-state index in [0.29, 0.717) is 11.1 Å². The average molecular weight is 485 g/mol. The fraction of sp³-hybridized carbons (Fsp3) is 0.222. The van der Waals surface area contributed by atoms with Crippen molar-refractivity contribution in [3.8, 4) is 0 Å². The van der Waals surface area contributed by atoms with Crippen LogP contribution in [0.25, 0.3) is 0 Å². The molecule has 30 heavy (non-hydrogen) atoms. The third-order valence-corrected chi connectivity index (χ3v) is 7.04. The van der Waals surface area contributed by atoms with E-state index in [4.69, 9.17) is 0 Å². The minimum absolute atomic E-state index is 0.0459. The molecule has 0 spiro atoms. The molecule has 0 amide bonds. The molecular weight excluding hydrogens is 468 g/mol. The maximum atomic E-state index is 12.1. The van der Waals surface area contributed by atoms with Crippen molar-refractivity contribution in [3.05, 3.63) is 79.9 Å². The van der Waals surface area contributed by atoms with Crippen molar-refractivity contribution in [2.75, 3.05) is 0 Å². The Morgan fingerprint density at radius 3 is 1.30 bits per heavy atom. The van der Waals surface area contributed by atoms with Crippen LogP contribution in [0.1, 0.15) is 34.5 Å². The highest BCUT2D eigenvalue weighted by atomic mass is 33.1. The molecule has 2 unspecified atom stereocenters. The summed E-state index contributed by atoms with van der Waals surface area (Å²) in [5.74, 6) is 0. The first kappa shape index (κ1) is 24.3. The summed E-state index contributed by atoms with van der Waals surface area (Å²) in [7, 11) is 1.61. The highest BCUT2D eigenvalue weighted by Crippen LogP contribution is 2.35. The van der Waals surface area contributed by atoms with Gasteiger partial charge in [0.25, 0.3) is 11.4 Å². The lowest BCUT2D eigenvalue weighted by Crippen LogP contribution is -2.01. The van der Waals surface area contributed by atoms with E-state index in [1.807, 2.05) is 0 Å². The van der Waals surface area contributed by atoms with Gasteiger partial charge in [-0.05, 0) is 32.7 Å². The van der Waals surface area contributed by atoms with Crippen LogP contribution in [0.15, 0.2) is 48.5 Å². The van der Waals surface area contributed by atoms with E-state index in [2.05, 4.69) is 25.3 Å². The van der Waals surface area contributed by atoms with Crippen molar-refractivity contribution < 1.29 is 19.4 Å². The summed E-state index contributed by atoms with van der Waals surface area (Å²) in [6.45, 7) is 0. The maximum absolute atomic E-state index is 12.1. The zero-order valence-electron chi connectivity index (χ0n) is 15.2. The summed E-state index contributed by atoms with van der Waals surface area (Å²) in [6.07, 6.45) is 0.108. The summed E-state index contributed by atoms with van der Waals surface area (Å²) in [5, 5.41) is 20.0. The number of hydrogen-bond donors (Lipinski definition) is 2. The molecule has 0 aromatic heterocycles. The second-order valence-electron chi connectivity index (χ2n) is 6.05. The van der Waals surface area contributed by atoms with Crippen LogP contribution in [0.5, 0.6) is 0 Å². The molecular formula is C18H16N2O6S4. The van der Waals surface area contributed by atoms with Crippen LogP contribution >= 0.6 is 46.8 Å². The van der Waals surface area contributed by atoms with E-state index in [-0.39, 0.29) is 34.4 Å². The molecule has 2 aromatic carbocycles. The Bertz CT molecular complexity index is 859. The van der Waals surface area contributed by atoms with Gasteiger partial charge in [-0.3, -0.25) is 29.8 Å². The Labute approximate surface area is 190 Å². The van der Waals surface area contributed by atoms with Crippen LogP contribution in [0, 0.1) is 20.2 Å². The standard InChI is InChI=1S/C18H16N2O6S4/c21-17(9-15(27)11-1-5-13(6-2-11)19(23)24)29-30-18(22)10-16(28)12-3-7-14(8-4-12)20(25)26/h1-8,15-16,27-28H,9-10H2. The molecule has 2 rings (SSSR count). The summed E-state index contributed by atoms with van der Waals surface area (Å²) in [4.78, 5) is 44.6. The van der Waals surface area contributed by atoms with Crippen LogP contribution in [0.2, 0.25) is 0 Å². The Balaban J connectivity index is 1.79. The molecule has 0 saturated carbocycles. The number of thiol groups is 2. The number of hydrogen-bond acceptors (Lipinski definition) is 10. The second-order valence-corrected chi connectivity index (χ2v) is 9.54. The van der Waals surface area contributed by atoms with Gasteiger partial charge in [0.1, 0.15) is 0 Å². The highest BCUT2D eigenvalue weighted by Gasteiger charge is 2.18. The van der Waals surface area contributed by atoms with Crippen molar-refractivity contribution in [2.24, 2.45) is 0 Å². The van der Waals surface area contributed by atoms with Crippen LogP contribution < -0.4 is 0 Å².